The van der Waals surface area contributed by atoms with Crippen LogP contribution < -0.4 is 10.6 Å². The van der Waals surface area contributed by atoms with E-state index in [1.165, 1.54) is 4.31 Å². The molecule has 0 aromatic heterocycles. The summed E-state index contributed by atoms with van der Waals surface area (Å²) < 4.78 is 47.3. The van der Waals surface area contributed by atoms with Crippen molar-refractivity contribution < 1.29 is 16.8 Å². The van der Waals surface area contributed by atoms with E-state index in [4.69, 9.17) is 0 Å². The summed E-state index contributed by atoms with van der Waals surface area (Å²) in [6.45, 7) is 2.60. The van der Waals surface area contributed by atoms with E-state index in [0.717, 1.165) is 0 Å². The van der Waals surface area contributed by atoms with Crippen LogP contribution in [-0.4, -0.2) is 77.6 Å². The maximum atomic E-state index is 11.6. The van der Waals surface area contributed by atoms with Crippen LogP contribution in [0.4, 0.5) is 0 Å². The van der Waals surface area contributed by atoms with E-state index in [2.05, 4.69) is 15.6 Å². The Hall–Kier alpha value is -0.870. The Morgan fingerprint density at radius 3 is 2.59 bits per heavy atom. The lowest BCUT2D eigenvalue weighted by molar-refractivity contribution is 0.461. The number of nitrogens with one attached hydrogen (secondary N) is 2. The van der Waals surface area contributed by atoms with Gasteiger partial charge in [0, 0.05) is 33.2 Å². The number of guanidine groups is 1. The van der Waals surface area contributed by atoms with Crippen LogP contribution in [0.15, 0.2) is 4.99 Å². The quantitative estimate of drug-likeness (QED) is 0.345. The molecule has 1 aliphatic heterocycles. The monoisotopic (exact) mass is 354 g/mol. The van der Waals surface area contributed by atoms with Crippen LogP contribution in [0.25, 0.3) is 0 Å². The third-order valence-corrected chi connectivity index (χ3v) is 7.21. The standard InChI is InChI=1S/C12H26N4O4S2/c1-4-22(19,20)16(3)8-5-7-14-12(13-2)15-11-6-9-21(17,18)10-11/h11H,4-10H2,1-3H3,(H2,13,14,15). The zero-order valence-electron chi connectivity index (χ0n) is 13.4. The van der Waals surface area contributed by atoms with Crippen LogP contribution in [-0.2, 0) is 19.9 Å². The molecule has 1 saturated heterocycles. The van der Waals surface area contributed by atoms with Crippen molar-refractivity contribution >= 4 is 25.8 Å². The highest BCUT2D eigenvalue weighted by atomic mass is 32.2. The van der Waals surface area contributed by atoms with Gasteiger partial charge in [0.1, 0.15) is 0 Å². The summed E-state index contributed by atoms with van der Waals surface area (Å²) in [4.78, 5) is 4.05. The summed E-state index contributed by atoms with van der Waals surface area (Å²) in [6, 6.07) is -0.112. The Labute approximate surface area is 133 Å². The maximum absolute atomic E-state index is 11.6. The van der Waals surface area contributed by atoms with Gasteiger partial charge in [0.25, 0.3) is 0 Å². The molecule has 22 heavy (non-hydrogen) atoms. The molecule has 0 aliphatic carbocycles. The van der Waals surface area contributed by atoms with E-state index < -0.39 is 19.9 Å². The lowest BCUT2D eigenvalue weighted by atomic mass is 10.3. The third-order valence-electron chi connectivity index (χ3n) is 3.58. The minimum atomic E-state index is -3.14. The average Bonchev–Trinajstić information content (AvgIpc) is 2.80. The Kier molecular flexibility index (Phi) is 7.07. The minimum absolute atomic E-state index is 0.0936. The molecule has 1 unspecified atom stereocenters. The van der Waals surface area contributed by atoms with Crippen LogP contribution in [0, 0.1) is 0 Å². The highest BCUT2D eigenvalue weighted by molar-refractivity contribution is 7.91. The number of aliphatic imine (C=N–C) groups is 1. The zero-order chi connectivity index (χ0) is 16.8. The SMILES string of the molecule is CCS(=O)(=O)N(C)CCCNC(=NC)NC1CCS(=O)(=O)C1. The van der Waals surface area contributed by atoms with Crippen LogP contribution >= 0.6 is 0 Å². The summed E-state index contributed by atoms with van der Waals surface area (Å²) >= 11 is 0. The van der Waals surface area contributed by atoms with Gasteiger partial charge in [-0.2, -0.15) is 0 Å². The normalized spacial score (nSPS) is 22.0. The Balaban J connectivity index is 2.31. The first-order valence-corrected chi connectivity index (χ1v) is 10.7. The molecule has 0 amide bonds. The van der Waals surface area contributed by atoms with Crippen molar-refractivity contribution in [3.8, 4) is 0 Å². The molecule has 0 saturated carbocycles. The van der Waals surface area contributed by atoms with Gasteiger partial charge in [-0.25, -0.2) is 21.1 Å². The molecule has 0 radical (unpaired) electrons. The van der Waals surface area contributed by atoms with Gasteiger partial charge in [0.05, 0.1) is 17.3 Å². The first-order chi connectivity index (χ1) is 10.2. The molecule has 0 aromatic rings. The first kappa shape index (κ1) is 19.2. The molecule has 0 bridgehead atoms. The molecule has 8 nitrogen and oxygen atoms in total. The number of sulfonamides is 1. The van der Waals surface area contributed by atoms with Gasteiger partial charge in [-0.1, -0.05) is 0 Å². The smallest absolute Gasteiger partial charge is 0.213 e. The van der Waals surface area contributed by atoms with Gasteiger partial charge in [0.2, 0.25) is 10.0 Å². The Morgan fingerprint density at radius 2 is 2.09 bits per heavy atom. The molecule has 1 rings (SSSR count). The molecule has 0 spiro atoms. The van der Waals surface area contributed by atoms with Gasteiger partial charge < -0.3 is 10.6 Å². The molecule has 1 heterocycles. The summed E-state index contributed by atoms with van der Waals surface area (Å²) in [7, 11) is -2.88. The fraction of sp³-hybridized carbons (Fsp3) is 0.917. The van der Waals surface area contributed by atoms with Gasteiger partial charge in [-0.3, -0.25) is 4.99 Å². The third kappa shape index (κ3) is 6.09. The van der Waals surface area contributed by atoms with Gasteiger partial charge >= 0.3 is 0 Å². The van der Waals surface area contributed by atoms with E-state index >= 15 is 0 Å². The predicted octanol–water partition coefficient (Wildman–Crippen LogP) is -0.990. The van der Waals surface area contributed by atoms with E-state index in [-0.39, 0.29) is 23.3 Å². The molecule has 130 valence electrons. The number of hydrogen-bond donors (Lipinski definition) is 2. The second kappa shape index (κ2) is 8.11. The van der Waals surface area contributed by atoms with Crippen molar-refractivity contribution in [2.75, 3.05) is 44.4 Å². The predicted molar refractivity (Wildman–Crippen MR) is 88.3 cm³/mol. The molecule has 1 atom stereocenters. The van der Waals surface area contributed by atoms with Crippen LogP contribution in [0.2, 0.25) is 0 Å². The highest BCUT2D eigenvalue weighted by Crippen LogP contribution is 2.10. The Bertz CT molecular complexity index is 586. The summed E-state index contributed by atoms with van der Waals surface area (Å²) in [6.07, 6.45) is 1.22. The molecule has 1 fully saturated rings. The topological polar surface area (TPSA) is 108 Å². The highest BCUT2D eigenvalue weighted by Gasteiger charge is 2.28. The zero-order valence-corrected chi connectivity index (χ0v) is 15.0. The van der Waals surface area contributed by atoms with E-state index in [9.17, 15) is 16.8 Å². The second-order valence-electron chi connectivity index (χ2n) is 5.32. The molecule has 0 aromatic carbocycles. The van der Waals surface area contributed by atoms with Crippen LogP contribution in [0.1, 0.15) is 19.8 Å². The van der Waals surface area contributed by atoms with Crippen LogP contribution in [0.3, 0.4) is 0 Å². The van der Waals surface area contributed by atoms with E-state index in [1.54, 1.807) is 21.0 Å². The summed E-state index contributed by atoms with van der Waals surface area (Å²) in [5.41, 5.74) is 0. The Morgan fingerprint density at radius 1 is 1.41 bits per heavy atom. The van der Waals surface area contributed by atoms with Crippen LogP contribution in [0.5, 0.6) is 0 Å². The number of sulfone groups is 1. The van der Waals surface area contributed by atoms with Crippen molar-refractivity contribution in [2.24, 2.45) is 4.99 Å². The van der Waals surface area contributed by atoms with Crippen molar-refractivity contribution in [3.63, 3.8) is 0 Å². The number of nitrogens with zero attached hydrogens (tertiary/aromatic N) is 2. The average molecular weight is 354 g/mol. The maximum Gasteiger partial charge on any atom is 0.213 e. The van der Waals surface area contributed by atoms with Gasteiger partial charge in [-0.15, -0.1) is 0 Å². The van der Waals surface area contributed by atoms with Crippen molar-refractivity contribution in [1.29, 1.82) is 0 Å². The molecule has 1 aliphatic rings. The largest absolute Gasteiger partial charge is 0.356 e. The van der Waals surface area contributed by atoms with Crippen molar-refractivity contribution in [1.82, 2.24) is 14.9 Å². The lowest BCUT2D eigenvalue weighted by Gasteiger charge is -2.18. The van der Waals surface area contributed by atoms with Gasteiger partial charge in [0.15, 0.2) is 15.8 Å². The molecule has 10 heteroatoms. The second-order valence-corrected chi connectivity index (χ2v) is 9.91. The first-order valence-electron chi connectivity index (χ1n) is 7.32. The van der Waals surface area contributed by atoms with Crippen molar-refractivity contribution in [2.45, 2.75) is 25.8 Å². The summed E-state index contributed by atoms with van der Waals surface area (Å²) in [5.74, 6) is 0.978. The number of rotatable bonds is 7. The fourth-order valence-corrected chi connectivity index (χ4v) is 4.69. The molecular weight excluding hydrogens is 328 g/mol. The summed E-state index contributed by atoms with van der Waals surface area (Å²) in [5, 5.41) is 6.15. The van der Waals surface area contributed by atoms with Crippen molar-refractivity contribution in [3.05, 3.63) is 0 Å². The lowest BCUT2D eigenvalue weighted by Crippen LogP contribution is -2.44. The molecular formula is C12H26N4O4S2. The number of hydrogen-bond acceptors (Lipinski definition) is 5. The van der Waals surface area contributed by atoms with Gasteiger partial charge in [-0.05, 0) is 19.8 Å². The molecule has 2 N–H and O–H groups in total. The minimum Gasteiger partial charge on any atom is -0.356 e. The van der Waals surface area contributed by atoms with E-state index in [1.807, 2.05) is 0 Å². The van der Waals surface area contributed by atoms with E-state index in [0.29, 0.717) is 31.9 Å². The fourth-order valence-electron chi connectivity index (χ4n) is 2.16.